The van der Waals surface area contributed by atoms with Crippen molar-refractivity contribution in [3.63, 3.8) is 0 Å². The number of hydrogen-bond donors (Lipinski definition) is 3. The predicted octanol–water partition coefficient (Wildman–Crippen LogP) is 2.95. The van der Waals surface area contributed by atoms with E-state index < -0.39 is 11.7 Å². The van der Waals surface area contributed by atoms with Crippen LogP contribution in [0, 0.1) is 5.82 Å². The van der Waals surface area contributed by atoms with Crippen molar-refractivity contribution in [2.24, 2.45) is 0 Å². The molecule has 0 aliphatic carbocycles. The molecule has 0 saturated carbocycles. The zero-order valence-corrected chi connectivity index (χ0v) is 11.1. The smallest absolute Gasteiger partial charge is 0.229 e. The lowest BCUT2D eigenvalue weighted by Gasteiger charge is -2.09. The molecule has 2 rings (SSSR count). The summed E-state index contributed by atoms with van der Waals surface area (Å²) in [6.45, 7) is 0. The van der Waals surface area contributed by atoms with Crippen LogP contribution in [0.4, 0.5) is 15.8 Å². The first-order chi connectivity index (χ1) is 9.47. The second-order valence-corrected chi connectivity index (χ2v) is 4.60. The molecule has 0 aliphatic rings. The fraction of sp³-hybridized carbons (Fsp3) is 0.0714. The Bertz CT molecular complexity index is 641. The van der Waals surface area contributed by atoms with Crippen molar-refractivity contribution in [3.8, 4) is 5.75 Å². The van der Waals surface area contributed by atoms with Gasteiger partial charge in [-0.2, -0.15) is 0 Å². The molecule has 104 valence electrons. The average molecular weight is 295 g/mol. The Morgan fingerprint density at radius 3 is 2.75 bits per heavy atom. The van der Waals surface area contributed by atoms with Gasteiger partial charge in [-0.3, -0.25) is 4.79 Å². The number of anilines is 2. The van der Waals surface area contributed by atoms with Crippen LogP contribution in [0.1, 0.15) is 5.56 Å². The Morgan fingerprint density at radius 1 is 1.35 bits per heavy atom. The number of nitrogens with two attached hydrogens (primary N) is 1. The molecular weight excluding hydrogens is 283 g/mol. The van der Waals surface area contributed by atoms with Crippen molar-refractivity contribution in [1.29, 1.82) is 0 Å². The molecule has 0 bridgehead atoms. The van der Waals surface area contributed by atoms with Crippen molar-refractivity contribution in [2.75, 3.05) is 11.1 Å². The molecule has 6 heteroatoms. The minimum Gasteiger partial charge on any atom is -0.508 e. The lowest BCUT2D eigenvalue weighted by atomic mass is 10.1. The highest BCUT2D eigenvalue weighted by atomic mass is 35.5. The van der Waals surface area contributed by atoms with Gasteiger partial charge in [0.05, 0.1) is 17.8 Å². The molecule has 0 fully saturated rings. The predicted molar refractivity (Wildman–Crippen MR) is 76.3 cm³/mol. The van der Waals surface area contributed by atoms with E-state index in [4.69, 9.17) is 17.3 Å². The van der Waals surface area contributed by atoms with Crippen molar-refractivity contribution in [3.05, 3.63) is 52.8 Å². The van der Waals surface area contributed by atoms with Gasteiger partial charge in [0, 0.05) is 16.7 Å². The van der Waals surface area contributed by atoms with Gasteiger partial charge in [0.2, 0.25) is 5.91 Å². The molecular formula is C14H12ClFN2O2. The lowest BCUT2D eigenvalue weighted by molar-refractivity contribution is -0.115. The number of carbonyl (C=O) groups excluding carboxylic acids is 1. The zero-order valence-electron chi connectivity index (χ0n) is 10.4. The molecule has 0 spiro atoms. The fourth-order valence-corrected chi connectivity index (χ4v) is 1.95. The average Bonchev–Trinajstić information content (AvgIpc) is 2.37. The summed E-state index contributed by atoms with van der Waals surface area (Å²) in [5.74, 6) is -0.988. The number of carbonyl (C=O) groups is 1. The Balaban J connectivity index is 2.13. The second-order valence-electron chi connectivity index (χ2n) is 4.20. The van der Waals surface area contributed by atoms with E-state index in [1.165, 1.54) is 36.4 Å². The second kappa shape index (κ2) is 5.79. The first kappa shape index (κ1) is 14.1. The molecule has 0 aromatic heterocycles. The van der Waals surface area contributed by atoms with Crippen LogP contribution in [0.2, 0.25) is 5.02 Å². The summed E-state index contributed by atoms with van der Waals surface area (Å²) < 4.78 is 13.6. The third-order valence-corrected chi connectivity index (χ3v) is 3.06. The molecule has 4 N–H and O–H groups in total. The highest BCUT2D eigenvalue weighted by molar-refractivity contribution is 6.31. The van der Waals surface area contributed by atoms with Crippen LogP contribution >= 0.6 is 11.6 Å². The molecule has 0 heterocycles. The van der Waals surface area contributed by atoms with Crippen molar-refractivity contribution < 1.29 is 14.3 Å². The van der Waals surface area contributed by atoms with Crippen LogP contribution in [0.25, 0.3) is 0 Å². The van der Waals surface area contributed by atoms with Crippen LogP contribution in [0.15, 0.2) is 36.4 Å². The third-order valence-electron chi connectivity index (χ3n) is 2.71. The minimum absolute atomic E-state index is 0.00218. The van der Waals surface area contributed by atoms with Crippen LogP contribution in [-0.2, 0) is 11.2 Å². The van der Waals surface area contributed by atoms with E-state index in [1.807, 2.05) is 0 Å². The summed E-state index contributed by atoms with van der Waals surface area (Å²) >= 11 is 5.85. The van der Waals surface area contributed by atoms with Crippen molar-refractivity contribution in [1.82, 2.24) is 0 Å². The summed E-state index contributed by atoms with van der Waals surface area (Å²) in [5, 5.41) is 12.0. The molecule has 0 radical (unpaired) electrons. The number of nitrogen functional groups attached to an aromatic ring is 1. The monoisotopic (exact) mass is 294 g/mol. The van der Waals surface area contributed by atoms with E-state index in [9.17, 15) is 14.3 Å². The molecule has 0 atom stereocenters. The number of hydrogen-bond acceptors (Lipinski definition) is 3. The maximum Gasteiger partial charge on any atom is 0.229 e. The zero-order chi connectivity index (χ0) is 14.7. The Labute approximate surface area is 120 Å². The largest absolute Gasteiger partial charge is 0.508 e. The van der Waals surface area contributed by atoms with E-state index in [1.54, 1.807) is 0 Å². The van der Waals surface area contributed by atoms with Gasteiger partial charge in [-0.25, -0.2) is 4.39 Å². The molecule has 0 aliphatic heterocycles. The van der Waals surface area contributed by atoms with Gasteiger partial charge < -0.3 is 16.2 Å². The van der Waals surface area contributed by atoms with E-state index in [2.05, 4.69) is 5.32 Å². The molecule has 1 amide bonds. The molecule has 2 aromatic carbocycles. The van der Waals surface area contributed by atoms with E-state index in [-0.39, 0.29) is 28.4 Å². The first-order valence-corrected chi connectivity index (χ1v) is 6.16. The number of benzene rings is 2. The van der Waals surface area contributed by atoms with Gasteiger partial charge in [-0.05, 0) is 24.3 Å². The number of phenols is 1. The standard InChI is InChI=1S/C14H12ClFN2O2/c15-10-2-1-3-11(16)9(10)7-14(20)18-13-5-4-8(19)6-12(13)17/h1-6,19H,7,17H2,(H,18,20). The fourth-order valence-electron chi connectivity index (χ4n) is 1.72. The van der Waals surface area contributed by atoms with E-state index in [0.717, 1.165) is 0 Å². The summed E-state index contributed by atoms with van der Waals surface area (Å²) in [7, 11) is 0. The topological polar surface area (TPSA) is 75.3 Å². The number of aromatic hydroxyl groups is 1. The van der Waals surface area contributed by atoms with Crippen LogP contribution in [-0.4, -0.2) is 11.0 Å². The van der Waals surface area contributed by atoms with Gasteiger partial charge in [0.25, 0.3) is 0 Å². The normalized spacial score (nSPS) is 10.3. The van der Waals surface area contributed by atoms with Crippen LogP contribution < -0.4 is 11.1 Å². The molecule has 0 unspecified atom stereocenters. The summed E-state index contributed by atoms with van der Waals surface area (Å²) in [6.07, 6.45) is -0.203. The highest BCUT2D eigenvalue weighted by Crippen LogP contribution is 2.24. The lowest BCUT2D eigenvalue weighted by Crippen LogP contribution is -2.16. The van der Waals surface area contributed by atoms with Gasteiger partial charge in [-0.1, -0.05) is 17.7 Å². The Morgan fingerprint density at radius 2 is 2.10 bits per heavy atom. The van der Waals surface area contributed by atoms with Crippen molar-refractivity contribution in [2.45, 2.75) is 6.42 Å². The number of phenolic OH excluding ortho intramolecular Hbond substituents is 1. The number of amides is 1. The molecule has 20 heavy (non-hydrogen) atoms. The van der Waals surface area contributed by atoms with Gasteiger partial charge in [0.15, 0.2) is 0 Å². The van der Waals surface area contributed by atoms with Crippen LogP contribution in [0.5, 0.6) is 5.75 Å². The molecule has 2 aromatic rings. The minimum atomic E-state index is -0.536. The summed E-state index contributed by atoms with van der Waals surface area (Å²) in [6, 6.07) is 8.39. The van der Waals surface area contributed by atoms with Crippen LogP contribution in [0.3, 0.4) is 0 Å². The quantitative estimate of drug-likeness (QED) is 0.602. The van der Waals surface area contributed by atoms with Gasteiger partial charge in [0.1, 0.15) is 11.6 Å². The molecule has 4 nitrogen and oxygen atoms in total. The van der Waals surface area contributed by atoms with Crippen molar-refractivity contribution >= 4 is 28.9 Å². The maximum absolute atomic E-state index is 13.6. The summed E-state index contributed by atoms with van der Waals surface area (Å²) in [5.41, 5.74) is 6.34. The Hall–Kier alpha value is -2.27. The number of nitrogens with one attached hydrogen (secondary N) is 1. The Kier molecular flexibility index (Phi) is 4.10. The first-order valence-electron chi connectivity index (χ1n) is 5.78. The third kappa shape index (κ3) is 3.19. The van der Waals surface area contributed by atoms with E-state index in [0.29, 0.717) is 5.69 Å². The molecule has 0 saturated heterocycles. The summed E-state index contributed by atoms with van der Waals surface area (Å²) in [4.78, 5) is 11.9. The maximum atomic E-state index is 13.6. The van der Waals surface area contributed by atoms with Gasteiger partial charge in [-0.15, -0.1) is 0 Å². The van der Waals surface area contributed by atoms with Gasteiger partial charge >= 0.3 is 0 Å². The number of halogens is 2. The SMILES string of the molecule is Nc1cc(O)ccc1NC(=O)Cc1c(F)cccc1Cl. The highest BCUT2D eigenvalue weighted by Gasteiger charge is 2.13. The van der Waals surface area contributed by atoms with E-state index >= 15 is 0 Å². The number of rotatable bonds is 3.